The van der Waals surface area contributed by atoms with E-state index in [2.05, 4.69) is 16.9 Å². The van der Waals surface area contributed by atoms with E-state index < -0.39 is 0 Å². The second kappa shape index (κ2) is 7.67. The Hall–Kier alpha value is -2.38. The highest BCUT2D eigenvalue weighted by Gasteiger charge is 2.13. The number of anilines is 1. The summed E-state index contributed by atoms with van der Waals surface area (Å²) in [5.41, 5.74) is 1.78. The first kappa shape index (κ1) is 17.4. The van der Waals surface area contributed by atoms with Gasteiger partial charge in [-0.25, -0.2) is 4.98 Å². The van der Waals surface area contributed by atoms with Gasteiger partial charge in [-0.2, -0.15) is 0 Å². The van der Waals surface area contributed by atoms with E-state index in [-0.39, 0.29) is 17.2 Å². The number of aryl methyl sites for hydroxylation is 1. The van der Waals surface area contributed by atoms with Gasteiger partial charge < -0.3 is 5.32 Å². The number of aromatic nitrogens is 2. The summed E-state index contributed by atoms with van der Waals surface area (Å²) in [5, 5.41) is 5.81. The summed E-state index contributed by atoms with van der Waals surface area (Å²) in [5.74, 6) is 0.0356. The van der Waals surface area contributed by atoms with Crippen molar-refractivity contribution in [2.45, 2.75) is 18.6 Å². The Labute approximate surface area is 153 Å². The van der Waals surface area contributed by atoms with Gasteiger partial charge in [0.2, 0.25) is 5.91 Å². The first-order valence-electron chi connectivity index (χ1n) is 7.66. The second-order valence-corrected chi connectivity index (χ2v) is 7.28. The molecule has 0 radical (unpaired) electrons. The molecular weight excluding hydrogens is 354 g/mol. The minimum absolute atomic E-state index is 0.104. The first-order valence-corrected chi connectivity index (χ1v) is 9.53. The van der Waals surface area contributed by atoms with E-state index in [1.807, 2.05) is 36.6 Å². The molecule has 0 spiro atoms. The van der Waals surface area contributed by atoms with Crippen LogP contribution in [0.15, 0.2) is 58.3 Å². The van der Waals surface area contributed by atoms with E-state index in [9.17, 15) is 9.59 Å². The highest BCUT2D eigenvalue weighted by atomic mass is 32.2. The maximum Gasteiger partial charge on any atom is 0.263 e. The van der Waals surface area contributed by atoms with Gasteiger partial charge in [0.05, 0.1) is 11.1 Å². The SMILES string of the molecule is C=CCn1c(SCC(=O)Nc2ccc(C)cc2)nc2sccc2c1=O. The number of rotatable bonds is 6. The standard InChI is InChI=1S/C18H17N3O2S2/c1-3-9-21-17(23)14-8-10-24-16(14)20-18(21)25-11-15(22)19-13-6-4-12(2)5-7-13/h3-8,10H,1,9,11H2,2H3,(H,19,22). The average molecular weight is 371 g/mol. The summed E-state index contributed by atoms with van der Waals surface area (Å²) in [6, 6.07) is 9.38. The third-order valence-corrected chi connectivity index (χ3v) is 5.31. The lowest BCUT2D eigenvalue weighted by Gasteiger charge is -2.10. The Morgan fingerprint density at radius 2 is 2.12 bits per heavy atom. The molecule has 5 nitrogen and oxygen atoms in total. The van der Waals surface area contributed by atoms with E-state index in [1.54, 1.807) is 16.7 Å². The first-order chi connectivity index (χ1) is 12.1. The molecule has 0 atom stereocenters. The summed E-state index contributed by atoms with van der Waals surface area (Å²) in [6.07, 6.45) is 1.65. The van der Waals surface area contributed by atoms with Crippen LogP contribution in [0.5, 0.6) is 0 Å². The van der Waals surface area contributed by atoms with Crippen LogP contribution in [0, 0.1) is 6.92 Å². The fourth-order valence-electron chi connectivity index (χ4n) is 2.29. The molecule has 0 aliphatic carbocycles. The van der Waals surface area contributed by atoms with Crippen molar-refractivity contribution in [1.29, 1.82) is 0 Å². The Kier molecular flexibility index (Phi) is 5.35. The molecule has 0 saturated carbocycles. The smallest absolute Gasteiger partial charge is 0.263 e. The number of fused-ring (bicyclic) bond motifs is 1. The lowest BCUT2D eigenvalue weighted by Crippen LogP contribution is -2.23. The zero-order chi connectivity index (χ0) is 17.8. The third kappa shape index (κ3) is 4.00. The van der Waals surface area contributed by atoms with Gasteiger partial charge in [-0.05, 0) is 30.5 Å². The number of carbonyl (C=O) groups excluding carboxylic acids is 1. The van der Waals surface area contributed by atoms with Crippen LogP contribution in [-0.4, -0.2) is 21.2 Å². The van der Waals surface area contributed by atoms with Crippen molar-refractivity contribution < 1.29 is 4.79 Å². The molecular formula is C18H17N3O2S2. The number of thioether (sulfide) groups is 1. The molecule has 7 heteroatoms. The number of nitrogens with zero attached hydrogens (tertiary/aromatic N) is 2. The summed E-state index contributed by atoms with van der Waals surface area (Å²) >= 11 is 2.67. The van der Waals surface area contributed by atoms with Crippen molar-refractivity contribution in [1.82, 2.24) is 9.55 Å². The van der Waals surface area contributed by atoms with E-state index in [0.29, 0.717) is 21.9 Å². The van der Waals surface area contributed by atoms with Crippen LogP contribution < -0.4 is 10.9 Å². The van der Waals surface area contributed by atoms with Gasteiger partial charge in [0.1, 0.15) is 4.83 Å². The van der Waals surface area contributed by atoms with Gasteiger partial charge in [0.25, 0.3) is 5.56 Å². The van der Waals surface area contributed by atoms with Gasteiger partial charge >= 0.3 is 0 Å². The maximum atomic E-state index is 12.5. The van der Waals surface area contributed by atoms with Crippen molar-refractivity contribution in [3.05, 3.63) is 64.3 Å². The van der Waals surface area contributed by atoms with Crippen LogP contribution in [0.1, 0.15) is 5.56 Å². The predicted molar refractivity (Wildman–Crippen MR) is 105 cm³/mol. The zero-order valence-electron chi connectivity index (χ0n) is 13.7. The van der Waals surface area contributed by atoms with Gasteiger partial charge in [-0.3, -0.25) is 14.2 Å². The molecule has 0 fully saturated rings. The fourth-order valence-corrected chi connectivity index (χ4v) is 3.91. The monoisotopic (exact) mass is 371 g/mol. The van der Waals surface area contributed by atoms with Crippen LogP contribution in [0.3, 0.4) is 0 Å². The molecule has 0 saturated heterocycles. The molecule has 0 unspecified atom stereocenters. The van der Waals surface area contributed by atoms with Gasteiger partial charge in [-0.1, -0.05) is 35.5 Å². The number of benzene rings is 1. The Balaban J connectivity index is 1.76. The molecule has 0 aliphatic heterocycles. The molecule has 2 aromatic heterocycles. The van der Waals surface area contributed by atoms with Gasteiger partial charge in [-0.15, -0.1) is 17.9 Å². The van der Waals surface area contributed by atoms with Crippen LogP contribution in [0.2, 0.25) is 0 Å². The number of thiophene rings is 1. The summed E-state index contributed by atoms with van der Waals surface area (Å²) < 4.78 is 1.55. The lowest BCUT2D eigenvalue weighted by molar-refractivity contribution is -0.113. The number of allylic oxidation sites excluding steroid dienone is 1. The van der Waals surface area contributed by atoms with Crippen molar-refractivity contribution in [2.75, 3.05) is 11.1 Å². The van der Waals surface area contributed by atoms with Crippen LogP contribution in [0.4, 0.5) is 5.69 Å². The Bertz CT molecular complexity index is 974. The average Bonchev–Trinajstić information content (AvgIpc) is 3.07. The quantitative estimate of drug-likeness (QED) is 0.408. The minimum Gasteiger partial charge on any atom is -0.325 e. The van der Waals surface area contributed by atoms with Crippen LogP contribution >= 0.6 is 23.1 Å². The minimum atomic E-state index is -0.139. The van der Waals surface area contributed by atoms with E-state index in [1.165, 1.54) is 23.1 Å². The lowest BCUT2D eigenvalue weighted by atomic mass is 10.2. The largest absolute Gasteiger partial charge is 0.325 e. The van der Waals surface area contributed by atoms with Crippen molar-refractivity contribution in [2.24, 2.45) is 0 Å². The third-order valence-electron chi connectivity index (χ3n) is 3.53. The number of amides is 1. The van der Waals surface area contributed by atoms with Crippen molar-refractivity contribution in [3.63, 3.8) is 0 Å². The molecule has 1 N–H and O–H groups in total. The zero-order valence-corrected chi connectivity index (χ0v) is 15.3. The molecule has 3 rings (SSSR count). The van der Waals surface area contributed by atoms with Crippen molar-refractivity contribution in [3.8, 4) is 0 Å². The fraction of sp³-hybridized carbons (Fsp3) is 0.167. The number of carbonyl (C=O) groups is 1. The van der Waals surface area contributed by atoms with Crippen LogP contribution in [-0.2, 0) is 11.3 Å². The molecule has 128 valence electrons. The molecule has 0 bridgehead atoms. The number of nitrogens with one attached hydrogen (secondary N) is 1. The highest BCUT2D eigenvalue weighted by Crippen LogP contribution is 2.21. The number of hydrogen-bond donors (Lipinski definition) is 1. The maximum absolute atomic E-state index is 12.5. The number of hydrogen-bond acceptors (Lipinski definition) is 5. The highest BCUT2D eigenvalue weighted by molar-refractivity contribution is 7.99. The topological polar surface area (TPSA) is 64.0 Å². The normalized spacial score (nSPS) is 10.8. The van der Waals surface area contributed by atoms with Crippen LogP contribution in [0.25, 0.3) is 10.2 Å². The molecule has 25 heavy (non-hydrogen) atoms. The van der Waals surface area contributed by atoms with E-state index in [0.717, 1.165) is 11.3 Å². The summed E-state index contributed by atoms with van der Waals surface area (Å²) in [7, 11) is 0. The second-order valence-electron chi connectivity index (χ2n) is 5.44. The Morgan fingerprint density at radius 1 is 1.36 bits per heavy atom. The Morgan fingerprint density at radius 3 is 2.84 bits per heavy atom. The van der Waals surface area contributed by atoms with Gasteiger partial charge in [0, 0.05) is 12.2 Å². The molecule has 1 amide bonds. The van der Waals surface area contributed by atoms with Gasteiger partial charge in [0.15, 0.2) is 5.16 Å². The molecule has 1 aromatic carbocycles. The summed E-state index contributed by atoms with van der Waals surface area (Å²) in [4.78, 5) is 29.9. The van der Waals surface area contributed by atoms with E-state index in [4.69, 9.17) is 0 Å². The molecule has 2 heterocycles. The molecule has 3 aromatic rings. The van der Waals surface area contributed by atoms with E-state index >= 15 is 0 Å². The summed E-state index contributed by atoms with van der Waals surface area (Å²) in [6.45, 7) is 6.04. The molecule has 0 aliphatic rings. The predicted octanol–water partition coefficient (Wildman–Crippen LogP) is 3.68. The van der Waals surface area contributed by atoms with Crippen molar-refractivity contribution >= 4 is 44.9 Å².